The Morgan fingerprint density at radius 2 is 1.73 bits per heavy atom. The molecule has 0 radical (unpaired) electrons. The van der Waals surface area contributed by atoms with Gasteiger partial charge in [-0.3, -0.25) is 4.79 Å². The Morgan fingerprint density at radius 3 is 2.35 bits per heavy atom. The van der Waals surface area contributed by atoms with Crippen molar-refractivity contribution < 1.29 is 9.53 Å². The van der Waals surface area contributed by atoms with Gasteiger partial charge < -0.3 is 10.1 Å². The maximum atomic E-state index is 12.4. The highest BCUT2D eigenvalue weighted by atomic mass is 16.5. The first-order valence-corrected chi connectivity index (χ1v) is 8.38. The highest BCUT2D eigenvalue weighted by Crippen LogP contribution is 2.20. The summed E-state index contributed by atoms with van der Waals surface area (Å²) in [7, 11) is 1.62. The van der Waals surface area contributed by atoms with Gasteiger partial charge in [-0.1, -0.05) is 29.8 Å². The van der Waals surface area contributed by atoms with Gasteiger partial charge in [0.2, 0.25) is 0 Å². The summed E-state index contributed by atoms with van der Waals surface area (Å²) in [6.07, 6.45) is 1.58. The lowest BCUT2D eigenvalue weighted by molar-refractivity contribution is 0.0949. The smallest absolute Gasteiger partial charge is 0.254 e. The lowest BCUT2D eigenvalue weighted by atomic mass is 10.1. The number of hydrogen-bond acceptors (Lipinski definition) is 4. The third-order valence-corrected chi connectivity index (χ3v) is 4.15. The molecule has 5 heteroatoms. The van der Waals surface area contributed by atoms with Crippen molar-refractivity contribution in [2.24, 2.45) is 0 Å². The van der Waals surface area contributed by atoms with Gasteiger partial charge in [-0.25, -0.2) is 9.97 Å². The van der Waals surface area contributed by atoms with Crippen LogP contribution in [0.25, 0.3) is 11.4 Å². The molecule has 0 saturated carbocycles. The van der Waals surface area contributed by atoms with Crippen LogP contribution in [0, 0.1) is 13.8 Å². The molecule has 0 aliphatic carbocycles. The average Bonchev–Trinajstić information content (AvgIpc) is 2.67. The number of hydrogen-bond donors (Lipinski definition) is 1. The fourth-order valence-electron chi connectivity index (χ4n) is 2.55. The molecule has 0 unspecified atom stereocenters. The number of carbonyl (C=O) groups excluding carboxylic acids is 1. The molecular weight excluding hydrogens is 326 g/mol. The van der Waals surface area contributed by atoms with Crippen molar-refractivity contribution in [2.45, 2.75) is 20.4 Å². The molecule has 0 aliphatic heterocycles. The minimum atomic E-state index is -0.177. The van der Waals surface area contributed by atoms with E-state index >= 15 is 0 Å². The Bertz CT molecular complexity index is 904. The van der Waals surface area contributed by atoms with E-state index in [4.69, 9.17) is 4.74 Å². The van der Waals surface area contributed by atoms with E-state index in [-0.39, 0.29) is 5.91 Å². The molecule has 5 nitrogen and oxygen atoms in total. The molecule has 0 spiro atoms. The van der Waals surface area contributed by atoms with Crippen molar-refractivity contribution >= 4 is 5.91 Å². The largest absolute Gasteiger partial charge is 0.497 e. The molecule has 0 fully saturated rings. The quantitative estimate of drug-likeness (QED) is 0.764. The van der Waals surface area contributed by atoms with Crippen LogP contribution >= 0.6 is 0 Å². The molecule has 3 rings (SSSR count). The first kappa shape index (κ1) is 17.6. The van der Waals surface area contributed by atoms with Crippen LogP contribution in [0.15, 0.2) is 54.7 Å². The summed E-state index contributed by atoms with van der Waals surface area (Å²) in [5.41, 5.74) is 4.25. The highest BCUT2D eigenvalue weighted by Gasteiger charge is 2.12. The van der Waals surface area contributed by atoms with Crippen LogP contribution in [0.3, 0.4) is 0 Å². The van der Waals surface area contributed by atoms with Crippen molar-refractivity contribution in [1.82, 2.24) is 15.3 Å². The highest BCUT2D eigenvalue weighted by molar-refractivity contribution is 5.95. The first-order chi connectivity index (χ1) is 12.6. The van der Waals surface area contributed by atoms with E-state index in [9.17, 15) is 4.79 Å². The summed E-state index contributed by atoms with van der Waals surface area (Å²) in [6, 6.07) is 15.6. The molecular formula is C21H21N3O2. The Kier molecular flexibility index (Phi) is 5.27. The van der Waals surface area contributed by atoms with E-state index in [0.29, 0.717) is 23.6 Å². The zero-order chi connectivity index (χ0) is 18.5. The van der Waals surface area contributed by atoms with Crippen molar-refractivity contribution in [3.63, 3.8) is 0 Å². The van der Waals surface area contributed by atoms with Crippen molar-refractivity contribution in [3.05, 3.63) is 77.1 Å². The monoisotopic (exact) mass is 347 g/mol. The minimum Gasteiger partial charge on any atom is -0.497 e. The summed E-state index contributed by atoms with van der Waals surface area (Å²) in [5, 5.41) is 2.91. The third kappa shape index (κ3) is 4.06. The zero-order valence-corrected chi connectivity index (χ0v) is 15.1. The number of amides is 1. The fourth-order valence-corrected chi connectivity index (χ4v) is 2.55. The maximum absolute atomic E-state index is 12.4. The number of nitrogens with one attached hydrogen (secondary N) is 1. The molecule has 0 bridgehead atoms. The number of rotatable bonds is 5. The molecule has 0 atom stereocenters. The molecule has 26 heavy (non-hydrogen) atoms. The molecule has 1 aromatic heterocycles. The zero-order valence-electron chi connectivity index (χ0n) is 15.1. The average molecular weight is 347 g/mol. The topological polar surface area (TPSA) is 64.1 Å². The van der Waals surface area contributed by atoms with Crippen LogP contribution in [-0.2, 0) is 6.54 Å². The van der Waals surface area contributed by atoms with E-state index < -0.39 is 0 Å². The normalized spacial score (nSPS) is 10.4. The second-order valence-corrected chi connectivity index (χ2v) is 6.09. The van der Waals surface area contributed by atoms with Crippen LogP contribution < -0.4 is 10.1 Å². The van der Waals surface area contributed by atoms with Gasteiger partial charge in [-0.15, -0.1) is 0 Å². The van der Waals surface area contributed by atoms with Gasteiger partial charge in [0, 0.05) is 18.3 Å². The van der Waals surface area contributed by atoms with E-state index in [2.05, 4.69) is 15.3 Å². The molecule has 3 aromatic rings. The number of nitrogens with zero attached hydrogens (tertiary/aromatic N) is 2. The predicted octanol–water partition coefficient (Wildman–Crippen LogP) is 3.70. The van der Waals surface area contributed by atoms with Gasteiger partial charge in [0.1, 0.15) is 5.75 Å². The van der Waals surface area contributed by atoms with Crippen molar-refractivity contribution in [2.75, 3.05) is 7.11 Å². The van der Waals surface area contributed by atoms with E-state index in [1.165, 1.54) is 5.56 Å². The summed E-state index contributed by atoms with van der Waals surface area (Å²) in [5.74, 6) is 1.18. The number of aromatic nitrogens is 2. The Balaban J connectivity index is 1.71. The van der Waals surface area contributed by atoms with Gasteiger partial charge in [-0.05, 0) is 43.7 Å². The molecule has 0 saturated heterocycles. The number of carbonyl (C=O) groups is 1. The van der Waals surface area contributed by atoms with Crippen molar-refractivity contribution in [3.8, 4) is 17.1 Å². The van der Waals surface area contributed by atoms with Crippen molar-refractivity contribution in [1.29, 1.82) is 0 Å². The van der Waals surface area contributed by atoms with Crippen LogP contribution in [0.4, 0.5) is 0 Å². The first-order valence-electron chi connectivity index (χ1n) is 8.38. The van der Waals surface area contributed by atoms with Gasteiger partial charge >= 0.3 is 0 Å². The number of benzene rings is 2. The molecule has 1 heterocycles. The second kappa shape index (κ2) is 7.78. The van der Waals surface area contributed by atoms with Crippen LogP contribution in [0.5, 0.6) is 5.75 Å². The number of methoxy groups -OCH3 is 1. The molecule has 1 amide bonds. The van der Waals surface area contributed by atoms with E-state index in [1.54, 1.807) is 13.3 Å². The van der Waals surface area contributed by atoms with Gasteiger partial charge in [0.15, 0.2) is 5.82 Å². The predicted molar refractivity (Wildman–Crippen MR) is 101 cm³/mol. The fraction of sp³-hybridized carbons (Fsp3) is 0.190. The summed E-state index contributed by atoms with van der Waals surface area (Å²) >= 11 is 0. The molecule has 0 aliphatic rings. The SMILES string of the molecule is COc1ccc(-c2ncc(C(=O)NCc3ccc(C)cc3)c(C)n2)cc1. The molecule has 132 valence electrons. The number of ether oxygens (including phenoxy) is 1. The van der Waals surface area contributed by atoms with E-state index in [0.717, 1.165) is 16.9 Å². The Morgan fingerprint density at radius 1 is 1.04 bits per heavy atom. The standard InChI is InChI=1S/C21H21N3O2/c1-14-4-6-16(7-5-14)12-23-21(25)19-13-22-20(24-15(19)2)17-8-10-18(26-3)11-9-17/h4-11,13H,12H2,1-3H3,(H,23,25). The Hall–Kier alpha value is -3.21. The van der Waals surface area contributed by atoms with E-state index in [1.807, 2.05) is 62.4 Å². The maximum Gasteiger partial charge on any atom is 0.254 e. The summed E-state index contributed by atoms with van der Waals surface area (Å²) in [4.78, 5) is 21.2. The molecule has 2 aromatic carbocycles. The second-order valence-electron chi connectivity index (χ2n) is 6.09. The molecule has 1 N–H and O–H groups in total. The van der Waals surface area contributed by atoms with Crippen LogP contribution in [-0.4, -0.2) is 23.0 Å². The Labute approximate surface area is 153 Å². The minimum absolute atomic E-state index is 0.177. The van der Waals surface area contributed by atoms with Crippen LogP contribution in [0.2, 0.25) is 0 Å². The van der Waals surface area contributed by atoms with Gasteiger partial charge in [0.05, 0.1) is 18.4 Å². The summed E-state index contributed by atoms with van der Waals surface area (Å²) in [6.45, 7) is 4.32. The third-order valence-electron chi connectivity index (χ3n) is 4.15. The summed E-state index contributed by atoms with van der Waals surface area (Å²) < 4.78 is 5.16. The number of aryl methyl sites for hydroxylation is 2. The van der Waals surface area contributed by atoms with Gasteiger partial charge in [0.25, 0.3) is 5.91 Å². The lowest BCUT2D eigenvalue weighted by Gasteiger charge is -2.09. The van der Waals surface area contributed by atoms with Gasteiger partial charge in [-0.2, -0.15) is 0 Å². The lowest BCUT2D eigenvalue weighted by Crippen LogP contribution is -2.24. The van der Waals surface area contributed by atoms with Crippen LogP contribution in [0.1, 0.15) is 27.2 Å².